The van der Waals surface area contributed by atoms with E-state index in [0.29, 0.717) is 5.41 Å². The number of rotatable bonds is 4. The number of nitrogens with zero attached hydrogens (tertiary/aromatic N) is 4. The van der Waals surface area contributed by atoms with Crippen molar-refractivity contribution in [2.75, 3.05) is 37.8 Å². The molecule has 0 aliphatic carbocycles. The first-order chi connectivity index (χ1) is 15.3. The summed E-state index contributed by atoms with van der Waals surface area (Å²) in [5.74, 6) is 2.90. The van der Waals surface area contributed by atoms with Crippen molar-refractivity contribution in [2.45, 2.75) is 63.7 Å². The predicted molar refractivity (Wildman–Crippen MR) is 116 cm³/mol. The van der Waals surface area contributed by atoms with Crippen molar-refractivity contribution in [3.63, 3.8) is 0 Å². The van der Waals surface area contributed by atoms with Crippen LogP contribution in [0.3, 0.4) is 0 Å². The molecule has 6 rings (SSSR count). The van der Waals surface area contributed by atoms with Crippen LogP contribution < -0.4 is 9.64 Å². The SMILES string of the molecule is c1ccc2c(c1)CC(c1nnc(N3CCC4(CCOCC4)C3)n1CC1CCCCO1)O2. The Hall–Kier alpha value is -2.12. The minimum Gasteiger partial charge on any atom is -0.482 e. The van der Waals surface area contributed by atoms with Gasteiger partial charge in [-0.1, -0.05) is 18.2 Å². The average Bonchev–Trinajstić information content (AvgIpc) is 3.52. The van der Waals surface area contributed by atoms with E-state index in [-0.39, 0.29) is 12.2 Å². The standard InChI is InChI=1S/C24H32N4O3/c1-2-7-20-18(5-1)15-21(31-20)22-25-26-23(28(22)16-19-6-3-4-12-30-19)27-11-8-24(17-27)9-13-29-14-10-24/h1-2,5,7,19,21H,3-4,6,8-17H2. The second-order valence-corrected chi connectivity index (χ2v) is 9.66. The lowest BCUT2D eigenvalue weighted by molar-refractivity contribution is 0.00488. The summed E-state index contributed by atoms with van der Waals surface area (Å²) in [6.07, 6.45) is 8.00. The molecule has 0 bridgehead atoms. The van der Waals surface area contributed by atoms with Gasteiger partial charge in [0.25, 0.3) is 0 Å². The van der Waals surface area contributed by atoms with Gasteiger partial charge in [-0.25, -0.2) is 0 Å². The Labute approximate surface area is 183 Å². The smallest absolute Gasteiger partial charge is 0.227 e. The van der Waals surface area contributed by atoms with Crippen molar-refractivity contribution < 1.29 is 14.2 Å². The predicted octanol–water partition coefficient (Wildman–Crippen LogP) is 3.53. The van der Waals surface area contributed by atoms with Crippen LogP contribution in [0.5, 0.6) is 5.75 Å². The van der Waals surface area contributed by atoms with Crippen LogP contribution in [0.1, 0.15) is 56.0 Å². The molecule has 0 amide bonds. The molecule has 4 aliphatic rings. The van der Waals surface area contributed by atoms with Gasteiger partial charge in [0, 0.05) is 39.3 Å². The van der Waals surface area contributed by atoms with E-state index >= 15 is 0 Å². The molecule has 31 heavy (non-hydrogen) atoms. The molecule has 0 radical (unpaired) electrons. The molecule has 2 unspecified atom stereocenters. The number of para-hydroxylation sites is 1. The number of hydrogen-bond donors (Lipinski definition) is 0. The van der Waals surface area contributed by atoms with Gasteiger partial charge in [-0.2, -0.15) is 0 Å². The van der Waals surface area contributed by atoms with Crippen LogP contribution in [0, 0.1) is 5.41 Å². The first kappa shape index (κ1) is 19.6. The van der Waals surface area contributed by atoms with Crippen molar-refractivity contribution in [1.82, 2.24) is 14.8 Å². The summed E-state index contributed by atoms with van der Waals surface area (Å²) in [7, 11) is 0. The van der Waals surface area contributed by atoms with E-state index in [1.807, 2.05) is 6.07 Å². The summed E-state index contributed by atoms with van der Waals surface area (Å²) in [6, 6.07) is 8.31. The summed E-state index contributed by atoms with van der Waals surface area (Å²) in [5, 5.41) is 9.41. The maximum absolute atomic E-state index is 6.31. The van der Waals surface area contributed by atoms with E-state index in [1.54, 1.807) is 0 Å². The van der Waals surface area contributed by atoms with E-state index < -0.39 is 0 Å². The van der Waals surface area contributed by atoms with Crippen molar-refractivity contribution in [3.05, 3.63) is 35.7 Å². The lowest BCUT2D eigenvalue weighted by atomic mass is 9.80. The molecular formula is C24H32N4O3. The van der Waals surface area contributed by atoms with Gasteiger partial charge in [0.1, 0.15) is 5.75 Å². The molecule has 3 saturated heterocycles. The maximum atomic E-state index is 6.31. The first-order valence-corrected chi connectivity index (χ1v) is 11.9. The van der Waals surface area contributed by atoms with Crippen LogP contribution in [0.4, 0.5) is 5.95 Å². The molecule has 1 aromatic heterocycles. The molecule has 1 aromatic carbocycles. The molecule has 1 spiro atoms. The molecule has 4 aliphatic heterocycles. The summed E-state index contributed by atoms with van der Waals surface area (Å²) in [6.45, 7) is 5.52. The zero-order valence-corrected chi connectivity index (χ0v) is 18.2. The third-order valence-electron chi connectivity index (χ3n) is 7.63. The third kappa shape index (κ3) is 3.72. The minimum absolute atomic E-state index is 0.0816. The molecule has 7 nitrogen and oxygen atoms in total. The summed E-state index contributed by atoms with van der Waals surface area (Å²) in [4.78, 5) is 2.45. The van der Waals surface area contributed by atoms with E-state index in [1.165, 1.54) is 18.4 Å². The van der Waals surface area contributed by atoms with E-state index in [9.17, 15) is 0 Å². The van der Waals surface area contributed by atoms with Crippen molar-refractivity contribution in [3.8, 4) is 5.75 Å². The van der Waals surface area contributed by atoms with Gasteiger partial charge in [0.15, 0.2) is 11.9 Å². The zero-order chi connectivity index (χ0) is 20.7. The van der Waals surface area contributed by atoms with Crippen molar-refractivity contribution in [1.29, 1.82) is 0 Å². The van der Waals surface area contributed by atoms with Gasteiger partial charge < -0.3 is 19.1 Å². The van der Waals surface area contributed by atoms with Gasteiger partial charge in [0.05, 0.1) is 12.6 Å². The molecule has 0 N–H and O–H groups in total. The second kappa shape index (κ2) is 8.10. The number of anilines is 1. The van der Waals surface area contributed by atoms with Crippen LogP contribution in [-0.4, -0.2) is 53.8 Å². The van der Waals surface area contributed by atoms with Gasteiger partial charge in [0.2, 0.25) is 5.95 Å². The van der Waals surface area contributed by atoms with E-state index in [2.05, 4.69) is 27.7 Å². The van der Waals surface area contributed by atoms with E-state index in [4.69, 9.17) is 24.4 Å². The average molecular weight is 425 g/mol. The number of fused-ring (bicyclic) bond motifs is 1. The molecule has 3 fully saturated rings. The van der Waals surface area contributed by atoms with Crippen LogP contribution in [0.2, 0.25) is 0 Å². The van der Waals surface area contributed by atoms with Crippen LogP contribution in [0.15, 0.2) is 24.3 Å². The monoisotopic (exact) mass is 424 g/mol. The van der Waals surface area contributed by atoms with Gasteiger partial charge in [-0.15, -0.1) is 10.2 Å². The molecule has 0 saturated carbocycles. The summed E-state index contributed by atoms with van der Waals surface area (Å²) < 4.78 is 20.4. The molecule has 5 heterocycles. The Morgan fingerprint density at radius 2 is 1.94 bits per heavy atom. The number of benzene rings is 1. The topological polar surface area (TPSA) is 61.6 Å². The van der Waals surface area contributed by atoms with Gasteiger partial charge in [-0.3, -0.25) is 4.57 Å². The maximum Gasteiger partial charge on any atom is 0.227 e. The fraction of sp³-hybridized carbons (Fsp3) is 0.667. The van der Waals surface area contributed by atoms with Crippen molar-refractivity contribution in [2.24, 2.45) is 5.41 Å². The van der Waals surface area contributed by atoms with Crippen LogP contribution in [0.25, 0.3) is 0 Å². The molecule has 2 aromatic rings. The number of ether oxygens (including phenoxy) is 3. The van der Waals surface area contributed by atoms with Gasteiger partial charge >= 0.3 is 0 Å². The second-order valence-electron chi connectivity index (χ2n) is 9.66. The number of hydrogen-bond acceptors (Lipinski definition) is 6. The lowest BCUT2D eigenvalue weighted by Gasteiger charge is -2.33. The fourth-order valence-corrected chi connectivity index (χ4v) is 5.75. The molecule has 7 heteroatoms. The molecule has 2 atom stereocenters. The minimum atomic E-state index is -0.0816. The highest BCUT2D eigenvalue weighted by molar-refractivity contribution is 5.40. The van der Waals surface area contributed by atoms with Gasteiger partial charge in [-0.05, 0) is 55.6 Å². The highest BCUT2D eigenvalue weighted by Gasteiger charge is 2.41. The largest absolute Gasteiger partial charge is 0.482 e. The Morgan fingerprint density at radius 3 is 2.77 bits per heavy atom. The number of aromatic nitrogens is 3. The molecular weight excluding hydrogens is 392 g/mol. The Kier molecular flexibility index (Phi) is 5.11. The highest BCUT2D eigenvalue weighted by Crippen LogP contribution is 2.42. The Bertz CT molecular complexity index is 892. The highest BCUT2D eigenvalue weighted by atomic mass is 16.5. The summed E-state index contributed by atoms with van der Waals surface area (Å²) in [5.41, 5.74) is 1.62. The first-order valence-electron chi connectivity index (χ1n) is 11.9. The zero-order valence-electron chi connectivity index (χ0n) is 18.2. The van der Waals surface area contributed by atoms with Crippen LogP contribution in [-0.2, 0) is 22.4 Å². The Morgan fingerprint density at radius 1 is 1.03 bits per heavy atom. The normalized spacial score (nSPS) is 27.4. The fourth-order valence-electron chi connectivity index (χ4n) is 5.75. The van der Waals surface area contributed by atoms with Crippen LogP contribution >= 0.6 is 0 Å². The third-order valence-corrected chi connectivity index (χ3v) is 7.63. The summed E-state index contributed by atoms with van der Waals surface area (Å²) >= 11 is 0. The molecule has 166 valence electrons. The van der Waals surface area contributed by atoms with E-state index in [0.717, 1.165) is 89.1 Å². The van der Waals surface area contributed by atoms with Crippen molar-refractivity contribution >= 4 is 5.95 Å². The Balaban J connectivity index is 1.29. The lowest BCUT2D eigenvalue weighted by Crippen LogP contribution is -2.34. The quantitative estimate of drug-likeness (QED) is 0.748.